The molecule has 0 saturated heterocycles. The van der Waals surface area contributed by atoms with E-state index in [2.05, 4.69) is 16.2 Å². The lowest BCUT2D eigenvalue weighted by Crippen LogP contribution is -2.10. The Morgan fingerprint density at radius 3 is 2.83 bits per heavy atom. The van der Waals surface area contributed by atoms with Crippen molar-refractivity contribution in [3.8, 4) is 23.6 Å². The van der Waals surface area contributed by atoms with E-state index < -0.39 is 4.92 Å². The number of pyridine rings is 1. The molecule has 2 rings (SSSR count). The molecule has 6 heteroatoms. The number of carbonyl (C=O) groups excluding carboxylic acids is 1. The van der Waals surface area contributed by atoms with Crippen LogP contribution >= 0.6 is 0 Å². The van der Waals surface area contributed by atoms with Gasteiger partial charge in [0.25, 0.3) is 5.69 Å². The fraction of sp³-hybridized carbons (Fsp3) is 0.176. The van der Waals surface area contributed by atoms with Crippen LogP contribution in [-0.4, -0.2) is 15.8 Å². The maximum atomic E-state index is 11.8. The number of unbranched alkanes of at least 4 members (excludes halogenated alkanes) is 1. The van der Waals surface area contributed by atoms with Crippen molar-refractivity contribution in [2.75, 3.05) is 5.32 Å². The molecule has 2 aromatic rings. The van der Waals surface area contributed by atoms with Crippen molar-refractivity contribution in [1.29, 1.82) is 0 Å². The molecule has 0 aliphatic rings. The molecule has 0 bridgehead atoms. The first-order valence-corrected chi connectivity index (χ1v) is 7.04. The molecule has 1 N–H and O–H groups in total. The number of nitrogens with one attached hydrogen (secondary N) is 1. The minimum absolute atomic E-state index is 0.0632. The normalized spacial score (nSPS) is 9.87. The van der Waals surface area contributed by atoms with E-state index in [0.717, 1.165) is 5.56 Å². The van der Waals surface area contributed by atoms with Gasteiger partial charge in [-0.05, 0) is 24.6 Å². The third kappa shape index (κ3) is 4.64. The molecule has 23 heavy (non-hydrogen) atoms. The number of amides is 1. The fourth-order valence-electron chi connectivity index (χ4n) is 2.00. The number of hydrogen-bond donors (Lipinski definition) is 1. The van der Waals surface area contributed by atoms with Crippen LogP contribution in [0.4, 0.5) is 11.4 Å². The van der Waals surface area contributed by atoms with Crippen LogP contribution in [0, 0.1) is 22.5 Å². The second-order valence-corrected chi connectivity index (χ2v) is 4.85. The van der Waals surface area contributed by atoms with Crippen LogP contribution in [-0.2, 0) is 4.79 Å². The van der Waals surface area contributed by atoms with E-state index in [1.807, 2.05) is 6.07 Å². The maximum absolute atomic E-state index is 11.8. The minimum atomic E-state index is -0.496. The van der Waals surface area contributed by atoms with Gasteiger partial charge in [-0.15, -0.1) is 12.3 Å². The number of benzene rings is 1. The van der Waals surface area contributed by atoms with Gasteiger partial charge < -0.3 is 5.32 Å². The number of nitrogens with zero attached hydrogens (tertiary/aromatic N) is 2. The number of rotatable bonds is 6. The van der Waals surface area contributed by atoms with Crippen LogP contribution in [0.15, 0.2) is 42.6 Å². The average molecular weight is 309 g/mol. The smallest absolute Gasteiger partial charge is 0.287 e. The summed E-state index contributed by atoms with van der Waals surface area (Å²) in [6, 6.07) is 10.1. The summed E-state index contributed by atoms with van der Waals surface area (Å²) in [6.45, 7) is 0. The van der Waals surface area contributed by atoms with Crippen LogP contribution in [0.5, 0.6) is 0 Å². The van der Waals surface area contributed by atoms with Gasteiger partial charge in [0.1, 0.15) is 6.20 Å². The minimum Gasteiger partial charge on any atom is -0.326 e. The zero-order chi connectivity index (χ0) is 16.7. The summed E-state index contributed by atoms with van der Waals surface area (Å²) in [5.74, 6) is 2.39. The zero-order valence-corrected chi connectivity index (χ0v) is 12.4. The molecule has 0 fully saturated rings. The third-order valence-corrected chi connectivity index (χ3v) is 3.13. The molecule has 0 unspecified atom stereocenters. The lowest BCUT2D eigenvalue weighted by molar-refractivity contribution is -0.385. The van der Waals surface area contributed by atoms with Crippen molar-refractivity contribution in [3.05, 3.63) is 52.7 Å². The van der Waals surface area contributed by atoms with Gasteiger partial charge in [0.15, 0.2) is 0 Å². The van der Waals surface area contributed by atoms with Crippen molar-refractivity contribution in [2.24, 2.45) is 0 Å². The van der Waals surface area contributed by atoms with E-state index >= 15 is 0 Å². The Morgan fingerprint density at radius 2 is 2.17 bits per heavy atom. The van der Waals surface area contributed by atoms with E-state index in [4.69, 9.17) is 6.42 Å². The Bertz CT molecular complexity index is 748. The molecular formula is C17H15N3O3. The van der Waals surface area contributed by atoms with E-state index in [1.165, 1.54) is 12.3 Å². The van der Waals surface area contributed by atoms with E-state index in [9.17, 15) is 14.9 Å². The molecule has 0 atom stereocenters. The summed E-state index contributed by atoms with van der Waals surface area (Å²) in [5, 5.41) is 13.4. The van der Waals surface area contributed by atoms with Crippen LogP contribution in [0.2, 0.25) is 0 Å². The third-order valence-electron chi connectivity index (χ3n) is 3.13. The SMILES string of the molecule is C#CCCCC(=O)Nc1cccc(-c2ccc([N+](=O)[O-])cn2)c1. The van der Waals surface area contributed by atoms with Gasteiger partial charge in [-0.1, -0.05) is 12.1 Å². The number of nitro groups is 1. The van der Waals surface area contributed by atoms with E-state index in [0.29, 0.717) is 30.6 Å². The summed E-state index contributed by atoms with van der Waals surface area (Å²) < 4.78 is 0. The Labute approximate surface area is 133 Å². The van der Waals surface area contributed by atoms with Crippen molar-refractivity contribution < 1.29 is 9.72 Å². The molecule has 1 amide bonds. The second-order valence-electron chi connectivity index (χ2n) is 4.85. The summed E-state index contributed by atoms with van der Waals surface area (Å²) >= 11 is 0. The maximum Gasteiger partial charge on any atom is 0.287 e. The molecule has 0 aliphatic carbocycles. The van der Waals surface area contributed by atoms with Gasteiger partial charge in [0.05, 0.1) is 10.6 Å². The summed E-state index contributed by atoms with van der Waals surface area (Å²) in [6.07, 6.45) is 7.94. The van der Waals surface area contributed by atoms with E-state index in [-0.39, 0.29) is 11.6 Å². The second kappa shape index (κ2) is 7.71. The summed E-state index contributed by atoms with van der Waals surface area (Å²) in [7, 11) is 0. The largest absolute Gasteiger partial charge is 0.326 e. The molecule has 0 aliphatic heterocycles. The molecule has 1 aromatic carbocycles. The van der Waals surface area contributed by atoms with Gasteiger partial charge in [0, 0.05) is 30.2 Å². The molecular weight excluding hydrogens is 294 g/mol. The lowest BCUT2D eigenvalue weighted by atomic mass is 10.1. The average Bonchev–Trinajstić information content (AvgIpc) is 2.55. The van der Waals surface area contributed by atoms with Crippen LogP contribution in [0.25, 0.3) is 11.3 Å². The molecule has 6 nitrogen and oxygen atoms in total. The van der Waals surface area contributed by atoms with Crippen molar-refractivity contribution >= 4 is 17.3 Å². The predicted molar refractivity (Wildman–Crippen MR) is 87.6 cm³/mol. The Balaban J connectivity index is 2.09. The first-order chi connectivity index (χ1) is 11.1. The van der Waals surface area contributed by atoms with E-state index in [1.54, 1.807) is 24.3 Å². The molecule has 0 saturated carbocycles. The fourth-order valence-corrected chi connectivity index (χ4v) is 2.00. The van der Waals surface area contributed by atoms with Crippen molar-refractivity contribution in [2.45, 2.75) is 19.3 Å². The monoisotopic (exact) mass is 309 g/mol. The van der Waals surface area contributed by atoms with Crippen LogP contribution < -0.4 is 5.32 Å². The Morgan fingerprint density at radius 1 is 1.35 bits per heavy atom. The van der Waals surface area contributed by atoms with Gasteiger partial charge in [-0.3, -0.25) is 14.9 Å². The van der Waals surface area contributed by atoms with Crippen LogP contribution in [0.1, 0.15) is 19.3 Å². The lowest BCUT2D eigenvalue weighted by Gasteiger charge is -2.07. The highest BCUT2D eigenvalue weighted by molar-refractivity contribution is 5.91. The summed E-state index contributed by atoms with van der Waals surface area (Å²) in [5.41, 5.74) is 1.94. The predicted octanol–water partition coefficient (Wildman–Crippen LogP) is 3.40. The molecule has 1 aromatic heterocycles. The molecule has 1 heterocycles. The quantitative estimate of drug-likeness (QED) is 0.383. The first kappa shape index (κ1) is 16.2. The standard InChI is InChI=1S/C17H15N3O3/c1-2-3-4-8-17(21)19-14-7-5-6-13(11-14)16-10-9-15(12-18-16)20(22)23/h1,5-7,9-12H,3-4,8H2,(H,19,21). The first-order valence-electron chi connectivity index (χ1n) is 7.04. The van der Waals surface area contributed by atoms with Crippen LogP contribution in [0.3, 0.4) is 0 Å². The highest BCUT2D eigenvalue weighted by atomic mass is 16.6. The highest BCUT2D eigenvalue weighted by Crippen LogP contribution is 2.22. The van der Waals surface area contributed by atoms with Gasteiger partial charge in [-0.25, -0.2) is 4.98 Å². The molecule has 116 valence electrons. The summed E-state index contributed by atoms with van der Waals surface area (Å²) in [4.78, 5) is 26.0. The topological polar surface area (TPSA) is 85.1 Å². The highest BCUT2D eigenvalue weighted by Gasteiger charge is 2.08. The Kier molecular flexibility index (Phi) is 5.42. The van der Waals surface area contributed by atoms with Crippen molar-refractivity contribution in [1.82, 2.24) is 4.98 Å². The van der Waals surface area contributed by atoms with Gasteiger partial charge >= 0.3 is 0 Å². The number of anilines is 1. The number of carbonyl (C=O) groups is 1. The molecule has 0 radical (unpaired) electrons. The number of terminal acetylenes is 1. The zero-order valence-electron chi connectivity index (χ0n) is 12.4. The number of hydrogen-bond acceptors (Lipinski definition) is 4. The van der Waals surface area contributed by atoms with Gasteiger partial charge in [-0.2, -0.15) is 0 Å². The number of aromatic nitrogens is 1. The van der Waals surface area contributed by atoms with Gasteiger partial charge in [0.2, 0.25) is 5.91 Å². The van der Waals surface area contributed by atoms with Crippen molar-refractivity contribution in [3.63, 3.8) is 0 Å². The Hall–Kier alpha value is -3.20. The molecule has 0 spiro atoms.